The first-order chi connectivity index (χ1) is 7.34. The van der Waals surface area contributed by atoms with E-state index in [1.165, 1.54) is 0 Å². The van der Waals surface area contributed by atoms with Gasteiger partial charge in [0.05, 0.1) is 12.2 Å². The number of halogens is 2. The Bertz CT molecular complexity index is 267. The largest absolute Gasteiger partial charge is 0.345 e. The van der Waals surface area contributed by atoms with Crippen LogP contribution in [-0.4, -0.2) is 12.7 Å². The second kappa shape index (κ2) is 5.09. The third kappa shape index (κ3) is 3.41. The number of nitriles is 1. The van der Waals surface area contributed by atoms with Gasteiger partial charge in [-0.05, 0) is 30.6 Å². The van der Waals surface area contributed by atoms with Crippen molar-refractivity contribution in [2.75, 3.05) is 0 Å². The molecule has 2 nitrogen and oxygen atoms in total. The zero-order valence-corrected chi connectivity index (χ0v) is 10.0. The van der Waals surface area contributed by atoms with Crippen LogP contribution in [0.2, 0.25) is 0 Å². The van der Waals surface area contributed by atoms with Gasteiger partial charge in [0.2, 0.25) is 0 Å². The standard InChI is InChI=1S/C12H19F2NO/c1-12(2,3)9-6-8(7-15)4-5-10(9)16-11(13)14/h8-11H,4-6H2,1-3H3. The van der Waals surface area contributed by atoms with Gasteiger partial charge in [-0.3, -0.25) is 0 Å². The van der Waals surface area contributed by atoms with Crippen molar-refractivity contribution >= 4 is 0 Å². The average Bonchev–Trinajstić information content (AvgIpc) is 2.15. The summed E-state index contributed by atoms with van der Waals surface area (Å²) in [5.41, 5.74) is -0.102. The first kappa shape index (κ1) is 13.4. The minimum Gasteiger partial charge on any atom is -0.319 e. The van der Waals surface area contributed by atoms with Crippen molar-refractivity contribution in [1.82, 2.24) is 0 Å². The molecule has 0 aromatic heterocycles. The van der Waals surface area contributed by atoms with Crippen LogP contribution in [0.25, 0.3) is 0 Å². The Balaban J connectivity index is 2.73. The lowest BCUT2D eigenvalue weighted by Crippen LogP contribution is -2.40. The fraction of sp³-hybridized carbons (Fsp3) is 0.917. The molecular weight excluding hydrogens is 212 g/mol. The fourth-order valence-electron chi connectivity index (χ4n) is 2.47. The Kier molecular flexibility index (Phi) is 4.26. The summed E-state index contributed by atoms with van der Waals surface area (Å²) in [6.45, 7) is 3.33. The molecule has 0 heterocycles. The molecule has 1 saturated carbocycles. The number of hydrogen-bond donors (Lipinski definition) is 0. The molecule has 4 heteroatoms. The minimum absolute atomic E-state index is 0.0123. The van der Waals surface area contributed by atoms with E-state index in [-0.39, 0.29) is 17.3 Å². The van der Waals surface area contributed by atoms with Crippen LogP contribution in [0.1, 0.15) is 40.0 Å². The molecule has 0 spiro atoms. The molecule has 0 aromatic carbocycles. The molecule has 16 heavy (non-hydrogen) atoms. The lowest BCUT2D eigenvalue weighted by Gasteiger charge is -2.41. The molecule has 3 atom stereocenters. The van der Waals surface area contributed by atoms with Gasteiger partial charge in [-0.15, -0.1) is 0 Å². The summed E-state index contributed by atoms with van der Waals surface area (Å²) in [4.78, 5) is 0. The Morgan fingerprint density at radius 2 is 1.94 bits per heavy atom. The van der Waals surface area contributed by atoms with Crippen molar-refractivity contribution in [1.29, 1.82) is 5.26 Å². The van der Waals surface area contributed by atoms with Gasteiger partial charge in [0.1, 0.15) is 0 Å². The maximum atomic E-state index is 12.3. The van der Waals surface area contributed by atoms with E-state index in [9.17, 15) is 8.78 Å². The van der Waals surface area contributed by atoms with Crippen molar-refractivity contribution in [3.05, 3.63) is 0 Å². The second-order valence-corrected chi connectivity index (χ2v) is 5.55. The number of alkyl halides is 2. The summed E-state index contributed by atoms with van der Waals surface area (Å²) in [6, 6.07) is 2.24. The van der Waals surface area contributed by atoms with Crippen LogP contribution < -0.4 is 0 Å². The van der Waals surface area contributed by atoms with Gasteiger partial charge in [0.25, 0.3) is 0 Å². The number of ether oxygens (including phenoxy) is 1. The molecule has 1 rings (SSSR count). The molecule has 92 valence electrons. The van der Waals surface area contributed by atoms with E-state index >= 15 is 0 Å². The van der Waals surface area contributed by atoms with Gasteiger partial charge in [-0.2, -0.15) is 14.0 Å². The summed E-state index contributed by atoms with van der Waals surface area (Å²) < 4.78 is 29.2. The van der Waals surface area contributed by atoms with Crippen LogP contribution in [0.5, 0.6) is 0 Å². The molecule has 1 aliphatic carbocycles. The topological polar surface area (TPSA) is 33.0 Å². The van der Waals surface area contributed by atoms with Crippen molar-refractivity contribution in [2.45, 2.75) is 52.7 Å². The van der Waals surface area contributed by atoms with E-state index < -0.39 is 12.7 Å². The highest BCUT2D eigenvalue weighted by Crippen LogP contribution is 2.42. The van der Waals surface area contributed by atoms with E-state index in [1.807, 2.05) is 20.8 Å². The van der Waals surface area contributed by atoms with Crippen LogP contribution in [0.15, 0.2) is 0 Å². The summed E-state index contributed by atoms with van der Waals surface area (Å²) in [7, 11) is 0. The van der Waals surface area contributed by atoms with E-state index in [4.69, 9.17) is 5.26 Å². The monoisotopic (exact) mass is 231 g/mol. The molecule has 1 fully saturated rings. The van der Waals surface area contributed by atoms with Crippen LogP contribution in [0, 0.1) is 28.6 Å². The predicted octanol–water partition coefficient (Wildman–Crippen LogP) is 3.58. The molecule has 0 aromatic rings. The molecule has 0 radical (unpaired) electrons. The second-order valence-electron chi connectivity index (χ2n) is 5.55. The van der Waals surface area contributed by atoms with Crippen LogP contribution in [0.4, 0.5) is 8.78 Å². The Morgan fingerprint density at radius 3 is 2.38 bits per heavy atom. The van der Waals surface area contributed by atoms with Crippen molar-refractivity contribution in [3.8, 4) is 6.07 Å². The van der Waals surface area contributed by atoms with Crippen LogP contribution >= 0.6 is 0 Å². The highest BCUT2D eigenvalue weighted by Gasteiger charge is 2.39. The molecule has 0 bridgehead atoms. The quantitative estimate of drug-likeness (QED) is 0.727. The maximum absolute atomic E-state index is 12.3. The molecule has 0 saturated heterocycles. The van der Waals surface area contributed by atoms with Gasteiger partial charge in [0.15, 0.2) is 0 Å². The van der Waals surface area contributed by atoms with E-state index in [0.29, 0.717) is 19.3 Å². The van der Waals surface area contributed by atoms with Gasteiger partial charge < -0.3 is 4.74 Å². The average molecular weight is 231 g/mol. The van der Waals surface area contributed by atoms with Gasteiger partial charge in [-0.25, -0.2) is 0 Å². The van der Waals surface area contributed by atoms with Gasteiger partial charge in [0, 0.05) is 5.92 Å². The predicted molar refractivity (Wildman–Crippen MR) is 56.8 cm³/mol. The molecule has 1 aliphatic rings. The molecule has 3 unspecified atom stereocenters. The fourth-order valence-corrected chi connectivity index (χ4v) is 2.47. The third-order valence-electron chi connectivity index (χ3n) is 3.36. The first-order valence-electron chi connectivity index (χ1n) is 5.68. The summed E-state index contributed by atoms with van der Waals surface area (Å²) in [6.07, 6.45) is 1.48. The molecule has 0 amide bonds. The highest BCUT2D eigenvalue weighted by atomic mass is 19.3. The van der Waals surface area contributed by atoms with E-state index in [0.717, 1.165) is 0 Å². The smallest absolute Gasteiger partial charge is 0.319 e. The van der Waals surface area contributed by atoms with Crippen molar-refractivity contribution < 1.29 is 13.5 Å². The Hall–Kier alpha value is -0.690. The zero-order chi connectivity index (χ0) is 12.3. The molecule has 0 N–H and O–H groups in total. The van der Waals surface area contributed by atoms with E-state index in [2.05, 4.69) is 10.8 Å². The first-order valence-corrected chi connectivity index (χ1v) is 5.68. The van der Waals surface area contributed by atoms with Gasteiger partial charge >= 0.3 is 6.61 Å². The zero-order valence-electron chi connectivity index (χ0n) is 10.0. The number of rotatable bonds is 2. The third-order valence-corrected chi connectivity index (χ3v) is 3.36. The SMILES string of the molecule is CC(C)(C)C1CC(C#N)CCC1OC(F)F. The van der Waals surface area contributed by atoms with Crippen LogP contribution in [0.3, 0.4) is 0 Å². The summed E-state index contributed by atoms with van der Waals surface area (Å²) >= 11 is 0. The summed E-state index contributed by atoms with van der Waals surface area (Å²) in [5, 5.41) is 8.90. The number of hydrogen-bond acceptors (Lipinski definition) is 2. The summed E-state index contributed by atoms with van der Waals surface area (Å²) in [5.74, 6) is 0.0154. The van der Waals surface area contributed by atoms with Gasteiger partial charge in [-0.1, -0.05) is 20.8 Å². The van der Waals surface area contributed by atoms with E-state index in [1.54, 1.807) is 0 Å². The lowest BCUT2D eigenvalue weighted by atomic mass is 9.68. The minimum atomic E-state index is -2.71. The number of nitrogens with zero attached hydrogens (tertiary/aromatic N) is 1. The molecule has 0 aliphatic heterocycles. The van der Waals surface area contributed by atoms with Crippen molar-refractivity contribution in [2.24, 2.45) is 17.3 Å². The normalized spacial score (nSPS) is 31.4. The van der Waals surface area contributed by atoms with Crippen LogP contribution in [-0.2, 0) is 4.74 Å². The lowest BCUT2D eigenvalue weighted by molar-refractivity contribution is -0.195. The Morgan fingerprint density at radius 1 is 1.31 bits per heavy atom. The Labute approximate surface area is 95.6 Å². The van der Waals surface area contributed by atoms with Crippen molar-refractivity contribution in [3.63, 3.8) is 0 Å². The maximum Gasteiger partial charge on any atom is 0.345 e. The molecular formula is C12H19F2NO. The highest BCUT2D eigenvalue weighted by molar-refractivity contribution is 4.95.